The van der Waals surface area contributed by atoms with Crippen molar-refractivity contribution < 1.29 is 0 Å². The van der Waals surface area contributed by atoms with Crippen LogP contribution in [0, 0.1) is 0 Å². The number of unbranched alkanes of at least 4 members (excludes halogenated alkanes) is 3. The summed E-state index contributed by atoms with van der Waals surface area (Å²) in [6, 6.07) is 0. The van der Waals surface area contributed by atoms with Crippen LogP contribution in [0.4, 0.5) is 0 Å². The fourth-order valence-electron chi connectivity index (χ4n) is 0.816. The summed E-state index contributed by atoms with van der Waals surface area (Å²) in [5, 5.41) is 0. The van der Waals surface area contributed by atoms with Crippen molar-refractivity contribution in [1.29, 1.82) is 0 Å². The summed E-state index contributed by atoms with van der Waals surface area (Å²) in [6.07, 6.45) is 13.3. The molecule has 0 unspecified atom stereocenters. The van der Waals surface area contributed by atoms with Crippen LogP contribution in [0.5, 0.6) is 0 Å². The number of allylic oxidation sites excluding steroid dienone is 5. The summed E-state index contributed by atoms with van der Waals surface area (Å²) < 4.78 is 0. The first-order valence-corrected chi connectivity index (χ1v) is 6.64. The van der Waals surface area contributed by atoms with Gasteiger partial charge in [-0.25, -0.2) is 0 Å². The topological polar surface area (TPSA) is 0 Å². The molecule has 0 fully saturated rings. The number of hydrogen-bond acceptors (Lipinski definition) is 0. The zero-order chi connectivity index (χ0) is 13.2. The Hall–Kier alpha value is -0.780. The second-order valence-electron chi connectivity index (χ2n) is 3.33. The van der Waals surface area contributed by atoms with Crippen LogP contribution >= 0.6 is 0 Å². The molecule has 16 heavy (non-hydrogen) atoms. The summed E-state index contributed by atoms with van der Waals surface area (Å²) >= 11 is 0. The maximum absolute atomic E-state index is 3.55. The Morgan fingerprint density at radius 3 is 1.75 bits per heavy atom. The predicted molar refractivity (Wildman–Crippen MR) is 79.9 cm³/mol. The number of hydrogen-bond donors (Lipinski definition) is 0. The van der Waals surface area contributed by atoms with Crippen LogP contribution in [-0.4, -0.2) is 0 Å². The molecule has 0 aliphatic rings. The van der Waals surface area contributed by atoms with Gasteiger partial charge in [0.2, 0.25) is 0 Å². The van der Waals surface area contributed by atoms with Crippen molar-refractivity contribution in [2.75, 3.05) is 0 Å². The normalized spacial score (nSPS) is 10.0. The van der Waals surface area contributed by atoms with Crippen LogP contribution in [0.2, 0.25) is 0 Å². The fourth-order valence-corrected chi connectivity index (χ4v) is 0.816. The molecule has 0 bridgehead atoms. The van der Waals surface area contributed by atoms with Gasteiger partial charge in [-0.15, -0.1) is 0 Å². The molecule has 0 saturated carbocycles. The minimum Gasteiger partial charge on any atom is -0.0991 e. The molecule has 0 aromatic rings. The molecular formula is C16H32. The molecule has 0 rings (SSSR count). The van der Waals surface area contributed by atoms with Crippen molar-refractivity contribution in [1.82, 2.24) is 0 Å². The van der Waals surface area contributed by atoms with E-state index in [0.717, 1.165) is 0 Å². The Morgan fingerprint density at radius 1 is 1.06 bits per heavy atom. The SMILES string of the molecule is C=C/C=C\C(C)=C/C.CC.CCCCCC. The molecule has 0 heterocycles. The highest BCUT2D eigenvalue weighted by molar-refractivity contribution is 5.18. The van der Waals surface area contributed by atoms with Gasteiger partial charge in [-0.05, 0) is 13.8 Å². The summed E-state index contributed by atoms with van der Waals surface area (Å²) in [4.78, 5) is 0. The zero-order valence-corrected chi connectivity index (χ0v) is 12.3. The smallest absolute Gasteiger partial charge is 0.0401 e. The summed E-state index contributed by atoms with van der Waals surface area (Å²) in [5.41, 5.74) is 1.27. The number of rotatable bonds is 5. The van der Waals surface area contributed by atoms with E-state index in [2.05, 4.69) is 33.4 Å². The molecule has 0 amide bonds. The lowest BCUT2D eigenvalue weighted by molar-refractivity contribution is 0.702. The molecule has 0 N–H and O–H groups in total. The molecule has 0 saturated heterocycles. The molecule has 0 spiro atoms. The maximum atomic E-state index is 3.55. The van der Waals surface area contributed by atoms with Gasteiger partial charge in [-0.3, -0.25) is 0 Å². The molecule has 0 atom stereocenters. The Bertz CT molecular complexity index is 157. The second-order valence-corrected chi connectivity index (χ2v) is 3.33. The molecule has 0 aliphatic carbocycles. The minimum atomic E-state index is 1.27. The van der Waals surface area contributed by atoms with Gasteiger partial charge in [-0.1, -0.05) is 89.8 Å². The van der Waals surface area contributed by atoms with Crippen molar-refractivity contribution in [3.8, 4) is 0 Å². The first-order chi connectivity index (χ1) is 7.72. The minimum absolute atomic E-state index is 1.27. The van der Waals surface area contributed by atoms with E-state index in [1.807, 2.05) is 32.9 Å². The van der Waals surface area contributed by atoms with Gasteiger partial charge in [0.1, 0.15) is 0 Å². The third-order valence-electron chi connectivity index (χ3n) is 1.91. The Labute approximate surface area is 104 Å². The van der Waals surface area contributed by atoms with Crippen molar-refractivity contribution in [2.45, 2.75) is 67.2 Å². The maximum Gasteiger partial charge on any atom is -0.0401 e. The molecule has 0 nitrogen and oxygen atoms in total. The van der Waals surface area contributed by atoms with Crippen molar-refractivity contribution in [3.05, 3.63) is 36.5 Å². The van der Waals surface area contributed by atoms with E-state index in [-0.39, 0.29) is 0 Å². The molecule has 0 heteroatoms. The van der Waals surface area contributed by atoms with Crippen LogP contribution in [0.1, 0.15) is 67.2 Å². The Balaban J connectivity index is -0.000000188. The molecule has 0 aliphatic heterocycles. The fraction of sp³-hybridized carbons (Fsp3) is 0.625. The zero-order valence-electron chi connectivity index (χ0n) is 12.3. The van der Waals surface area contributed by atoms with Crippen LogP contribution < -0.4 is 0 Å². The van der Waals surface area contributed by atoms with Gasteiger partial charge >= 0.3 is 0 Å². The van der Waals surface area contributed by atoms with E-state index in [4.69, 9.17) is 0 Å². The third-order valence-corrected chi connectivity index (χ3v) is 1.91. The molecule has 0 aromatic heterocycles. The summed E-state index contributed by atoms with van der Waals surface area (Å²) in [7, 11) is 0. The van der Waals surface area contributed by atoms with Gasteiger partial charge in [0.05, 0.1) is 0 Å². The van der Waals surface area contributed by atoms with Crippen molar-refractivity contribution in [3.63, 3.8) is 0 Å². The van der Waals surface area contributed by atoms with Crippen LogP contribution in [0.25, 0.3) is 0 Å². The van der Waals surface area contributed by atoms with Gasteiger partial charge in [0, 0.05) is 0 Å². The average Bonchev–Trinajstić information content (AvgIpc) is 2.36. The lowest BCUT2D eigenvalue weighted by atomic mass is 10.2. The highest BCUT2D eigenvalue weighted by Crippen LogP contribution is 1.95. The average molecular weight is 224 g/mol. The monoisotopic (exact) mass is 224 g/mol. The predicted octanol–water partition coefficient (Wildman–Crippen LogP) is 6.31. The molecule has 0 radical (unpaired) electrons. The van der Waals surface area contributed by atoms with Crippen molar-refractivity contribution in [2.24, 2.45) is 0 Å². The Morgan fingerprint density at radius 2 is 1.50 bits per heavy atom. The first-order valence-electron chi connectivity index (χ1n) is 6.64. The lowest BCUT2D eigenvalue weighted by Crippen LogP contribution is -1.66. The van der Waals surface area contributed by atoms with Crippen LogP contribution in [0.3, 0.4) is 0 Å². The molecule has 0 aromatic carbocycles. The van der Waals surface area contributed by atoms with E-state index in [9.17, 15) is 0 Å². The first kappa shape index (κ1) is 20.6. The third kappa shape index (κ3) is 29.2. The van der Waals surface area contributed by atoms with E-state index < -0.39 is 0 Å². The lowest BCUT2D eigenvalue weighted by Gasteiger charge is -1.86. The quantitative estimate of drug-likeness (QED) is 0.379. The van der Waals surface area contributed by atoms with Gasteiger partial charge in [0.25, 0.3) is 0 Å². The van der Waals surface area contributed by atoms with Crippen molar-refractivity contribution >= 4 is 0 Å². The van der Waals surface area contributed by atoms with E-state index >= 15 is 0 Å². The Kier molecular flexibility index (Phi) is 30.6. The summed E-state index contributed by atoms with van der Waals surface area (Å²) in [6.45, 7) is 16.1. The second kappa shape index (κ2) is 23.8. The molecule has 96 valence electrons. The summed E-state index contributed by atoms with van der Waals surface area (Å²) in [5.74, 6) is 0. The van der Waals surface area contributed by atoms with Gasteiger partial charge < -0.3 is 0 Å². The largest absolute Gasteiger partial charge is 0.0991 e. The van der Waals surface area contributed by atoms with Gasteiger partial charge in [0.15, 0.2) is 0 Å². The van der Waals surface area contributed by atoms with E-state index in [0.29, 0.717) is 0 Å². The van der Waals surface area contributed by atoms with Crippen LogP contribution in [-0.2, 0) is 0 Å². The highest BCUT2D eigenvalue weighted by Gasteiger charge is 1.75. The van der Waals surface area contributed by atoms with E-state index in [1.54, 1.807) is 6.08 Å². The van der Waals surface area contributed by atoms with E-state index in [1.165, 1.54) is 31.3 Å². The molecular weight excluding hydrogens is 192 g/mol. The standard InChI is InChI=1S/C8H12.C6H14.C2H6/c1-4-6-7-8(3)5-2;1-3-5-6-4-2;1-2/h4-7H,1H2,2-3H3;3-6H2,1-2H3;1-2H3/b7-6-,8-5-;;. The highest BCUT2D eigenvalue weighted by atomic mass is 13.8. The van der Waals surface area contributed by atoms with Gasteiger partial charge in [-0.2, -0.15) is 0 Å². The van der Waals surface area contributed by atoms with Crippen LogP contribution in [0.15, 0.2) is 36.5 Å².